The third-order valence-electron chi connectivity index (χ3n) is 2.11. The Morgan fingerprint density at radius 3 is 2.78 bits per heavy atom. The van der Waals surface area contributed by atoms with Gasteiger partial charge in [0.05, 0.1) is 12.0 Å². The van der Waals surface area contributed by atoms with Crippen molar-refractivity contribution in [3.05, 3.63) is 28.3 Å². The van der Waals surface area contributed by atoms with E-state index in [0.29, 0.717) is 12.2 Å². The van der Waals surface area contributed by atoms with E-state index in [1.54, 1.807) is 0 Å². The second-order valence-electron chi connectivity index (χ2n) is 3.30. The lowest BCUT2D eigenvalue weighted by molar-refractivity contribution is -0.385. The standard InChI is InChI=1S/C10H13N3O5/c1-18-9-6-7(2-3-8(9)13(16)17)11-4-5-12-10(14)15/h2-3,6,11-12H,4-5H2,1H3,(H,14,15). The lowest BCUT2D eigenvalue weighted by Gasteiger charge is -2.08. The summed E-state index contributed by atoms with van der Waals surface area (Å²) in [5.41, 5.74) is 0.497. The second-order valence-corrected chi connectivity index (χ2v) is 3.30. The smallest absolute Gasteiger partial charge is 0.404 e. The number of nitrogens with zero attached hydrogens (tertiary/aromatic N) is 1. The molecule has 0 radical (unpaired) electrons. The zero-order valence-corrected chi connectivity index (χ0v) is 9.67. The largest absolute Gasteiger partial charge is 0.490 e. The molecule has 8 nitrogen and oxygen atoms in total. The Kier molecular flexibility index (Phi) is 4.73. The molecule has 1 amide bonds. The Labute approximate surface area is 103 Å². The summed E-state index contributed by atoms with van der Waals surface area (Å²) < 4.78 is 4.90. The van der Waals surface area contributed by atoms with Gasteiger partial charge in [-0.2, -0.15) is 0 Å². The van der Waals surface area contributed by atoms with E-state index in [0.717, 1.165) is 0 Å². The molecule has 0 saturated heterocycles. The molecule has 0 fully saturated rings. The highest BCUT2D eigenvalue weighted by Gasteiger charge is 2.14. The Morgan fingerprint density at radius 2 is 2.22 bits per heavy atom. The van der Waals surface area contributed by atoms with E-state index in [-0.39, 0.29) is 18.0 Å². The van der Waals surface area contributed by atoms with Gasteiger partial charge >= 0.3 is 11.8 Å². The van der Waals surface area contributed by atoms with Crippen molar-refractivity contribution in [2.24, 2.45) is 0 Å². The molecule has 0 aliphatic carbocycles. The molecule has 0 unspecified atom stereocenters. The topological polar surface area (TPSA) is 114 Å². The van der Waals surface area contributed by atoms with Crippen molar-refractivity contribution in [1.82, 2.24) is 5.32 Å². The van der Waals surface area contributed by atoms with Gasteiger partial charge in [0.2, 0.25) is 0 Å². The minimum atomic E-state index is -1.10. The van der Waals surface area contributed by atoms with E-state index in [1.807, 2.05) is 0 Å². The predicted octanol–water partition coefficient (Wildman–Crippen LogP) is 1.28. The van der Waals surface area contributed by atoms with Crippen molar-refractivity contribution in [3.8, 4) is 5.75 Å². The number of rotatable bonds is 6. The van der Waals surface area contributed by atoms with Gasteiger partial charge in [-0.25, -0.2) is 4.79 Å². The molecule has 0 aromatic heterocycles. The number of ether oxygens (including phenoxy) is 1. The van der Waals surface area contributed by atoms with E-state index in [1.165, 1.54) is 25.3 Å². The minimum absolute atomic E-state index is 0.119. The van der Waals surface area contributed by atoms with E-state index in [2.05, 4.69) is 10.6 Å². The van der Waals surface area contributed by atoms with Gasteiger partial charge < -0.3 is 20.5 Å². The van der Waals surface area contributed by atoms with Crippen LogP contribution in [0.2, 0.25) is 0 Å². The summed E-state index contributed by atoms with van der Waals surface area (Å²) in [6.07, 6.45) is -1.10. The van der Waals surface area contributed by atoms with Crippen LogP contribution in [0, 0.1) is 10.1 Å². The Morgan fingerprint density at radius 1 is 1.50 bits per heavy atom. The lowest BCUT2D eigenvalue weighted by Crippen LogP contribution is -2.26. The number of hydrogen-bond donors (Lipinski definition) is 3. The van der Waals surface area contributed by atoms with Gasteiger partial charge in [-0.3, -0.25) is 10.1 Å². The molecule has 1 aromatic rings. The number of anilines is 1. The molecular formula is C10H13N3O5. The predicted molar refractivity (Wildman–Crippen MR) is 64.2 cm³/mol. The summed E-state index contributed by atoms with van der Waals surface area (Å²) in [5, 5.41) is 24.1. The number of carboxylic acid groups (broad SMARTS) is 1. The van der Waals surface area contributed by atoms with E-state index >= 15 is 0 Å². The van der Waals surface area contributed by atoms with Crippen molar-refractivity contribution in [2.75, 3.05) is 25.5 Å². The number of nitrogens with one attached hydrogen (secondary N) is 2. The quantitative estimate of drug-likeness (QED) is 0.401. The molecule has 3 N–H and O–H groups in total. The van der Waals surface area contributed by atoms with Crippen molar-refractivity contribution in [1.29, 1.82) is 0 Å². The van der Waals surface area contributed by atoms with Gasteiger partial charge in [0, 0.05) is 30.9 Å². The van der Waals surface area contributed by atoms with Crippen LogP contribution in [0.5, 0.6) is 5.75 Å². The van der Waals surface area contributed by atoms with Crippen molar-refractivity contribution in [2.45, 2.75) is 0 Å². The first-order valence-corrected chi connectivity index (χ1v) is 5.07. The summed E-state index contributed by atoms with van der Waals surface area (Å²) in [6, 6.07) is 4.34. The van der Waals surface area contributed by atoms with Crippen LogP contribution in [-0.4, -0.2) is 36.3 Å². The Bertz CT molecular complexity index is 449. The maximum Gasteiger partial charge on any atom is 0.404 e. The SMILES string of the molecule is COc1cc(NCCNC(=O)O)ccc1[N+](=O)[O-]. The van der Waals surface area contributed by atoms with Crippen LogP contribution < -0.4 is 15.4 Å². The summed E-state index contributed by atoms with van der Waals surface area (Å²) in [6.45, 7) is 0.599. The summed E-state index contributed by atoms with van der Waals surface area (Å²) in [4.78, 5) is 20.3. The van der Waals surface area contributed by atoms with Gasteiger partial charge in [0.1, 0.15) is 0 Å². The van der Waals surface area contributed by atoms with Gasteiger partial charge in [-0.15, -0.1) is 0 Å². The fourth-order valence-corrected chi connectivity index (χ4v) is 1.31. The average Bonchev–Trinajstić information content (AvgIpc) is 2.33. The highest BCUT2D eigenvalue weighted by Crippen LogP contribution is 2.29. The van der Waals surface area contributed by atoms with E-state index in [9.17, 15) is 14.9 Å². The van der Waals surface area contributed by atoms with Crippen LogP contribution in [0.1, 0.15) is 0 Å². The average molecular weight is 255 g/mol. The van der Waals surface area contributed by atoms with Gasteiger partial charge in [-0.05, 0) is 6.07 Å². The van der Waals surface area contributed by atoms with Crippen LogP contribution >= 0.6 is 0 Å². The summed E-state index contributed by atoms with van der Waals surface area (Å²) in [5.74, 6) is 0.149. The van der Waals surface area contributed by atoms with Crippen molar-refractivity contribution >= 4 is 17.5 Å². The number of amides is 1. The Balaban J connectivity index is 2.62. The molecule has 0 aliphatic heterocycles. The van der Waals surface area contributed by atoms with Gasteiger partial charge in [0.15, 0.2) is 5.75 Å². The second kappa shape index (κ2) is 6.28. The first-order valence-electron chi connectivity index (χ1n) is 5.07. The lowest BCUT2D eigenvalue weighted by atomic mass is 10.2. The number of nitro groups is 1. The molecule has 98 valence electrons. The maximum absolute atomic E-state index is 10.7. The zero-order valence-electron chi connectivity index (χ0n) is 9.67. The molecule has 1 rings (SSSR count). The summed E-state index contributed by atoms with van der Waals surface area (Å²) >= 11 is 0. The molecule has 18 heavy (non-hydrogen) atoms. The van der Waals surface area contributed by atoms with E-state index in [4.69, 9.17) is 9.84 Å². The van der Waals surface area contributed by atoms with Crippen LogP contribution in [-0.2, 0) is 0 Å². The van der Waals surface area contributed by atoms with Crippen LogP contribution in [0.15, 0.2) is 18.2 Å². The molecule has 8 heteroatoms. The molecule has 1 aromatic carbocycles. The maximum atomic E-state index is 10.7. The van der Waals surface area contributed by atoms with Crippen molar-refractivity contribution in [3.63, 3.8) is 0 Å². The first-order chi connectivity index (χ1) is 8.54. The highest BCUT2D eigenvalue weighted by atomic mass is 16.6. The summed E-state index contributed by atoms with van der Waals surface area (Å²) in [7, 11) is 1.35. The number of methoxy groups -OCH3 is 1. The van der Waals surface area contributed by atoms with Crippen molar-refractivity contribution < 1.29 is 19.6 Å². The van der Waals surface area contributed by atoms with Gasteiger partial charge in [0.25, 0.3) is 0 Å². The number of benzene rings is 1. The minimum Gasteiger partial charge on any atom is -0.490 e. The number of hydrogen-bond acceptors (Lipinski definition) is 5. The van der Waals surface area contributed by atoms with E-state index < -0.39 is 11.0 Å². The van der Waals surface area contributed by atoms with Crippen LogP contribution in [0.25, 0.3) is 0 Å². The fourth-order valence-electron chi connectivity index (χ4n) is 1.31. The first kappa shape index (κ1) is 13.6. The molecular weight excluding hydrogens is 242 g/mol. The number of carbonyl (C=O) groups is 1. The third-order valence-corrected chi connectivity index (χ3v) is 2.11. The Hall–Kier alpha value is -2.51. The highest BCUT2D eigenvalue weighted by molar-refractivity contribution is 5.64. The number of nitro benzene ring substituents is 1. The molecule has 0 spiro atoms. The van der Waals surface area contributed by atoms with Crippen LogP contribution in [0.4, 0.5) is 16.2 Å². The monoisotopic (exact) mass is 255 g/mol. The normalized spacial score (nSPS) is 9.61. The van der Waals surface area contributed by atoms with Gasteiger partial charge in [-0.1, -0.05) is 0 Å². The molecule has 0 atom stereocenters. The van der Waals surface area contributed by atoms with Crippen LogP contribution in [0.3, 0.4) is 0 Å². The molecule has 0 saturated carbocycles. The fraction of sp³-hybridized carbons (Fsp3) is 0.300. The third kappa shape index (κ3) is 3.81. The molecule has 0 heterocycles. The zero-order chi connectivity index (χ0) is 13.5. The molecule has 0 bridgehead atoms. The molecule has 0 aliphatic rings.